The molecule has 0 aliphatic rings. The van der Waals surface area contributed by atoms with Gasteiger partial charge in [-0.15, -0.1) is 0 Å². The third-order valence-corrected chi connectivity index (χ3v) is 10.8. The van der Waals surface area contributed by atoms with Crippen LogP contribution in [0.2, 0.25) is 0 Å². The number of fused-ring (bicyclic) bond motifs is 8. The normalized spacial score (nSPS) is 11.9. The standard InChI is InChI=1S/C50H28O4/c51-48-39-23-21-34(46-37-16-8-6-14-35(37)45(30-11-2-1-3-12-30)36-15-7-9-17-38(36)46)28-44(39)54-50-41(48)24-25-42-47(50)49(52)40-22-20-33(27-43(40)53-42)32-19-18-29-10-4-5-13-31(29)26-32/h1-28H. The summed E-state index contributed by atoms with van der Waals surface area (Å²) in [4.78, 5) is 28.4. The Kier molecular flexibility index (Phi) is 6.52. The second-order valence-electron chi connectivity index (χ2n) is 13.9. The van der Waals surface area contributed by atoms with Crippen molar-refractivity contribution in [2.45, 2.75) is 0 Å². The molecule has 0 fully saturated rings. The molecule has 0 saturated carbocycles. The van der Waals surface area contributed by atoms with Gasteiger partial charge in [-0.1, -0.05) is 127 Å². The molecule has 0 spiro atoms. The van der Waals surface area contributed by atoms with Crippen LogP contribution in [-0.4, -0.2) is 0 Å². The first-order chi connectivity index (χ1) is 26.6. The van der Waals surface area contributed by atoms with Gasteiger partial charge in [0.1, 0.15) is 22.1 Å². The van der Waals surface area contributed by atoms with Crippen molar-refractivity contribution in [1.82, 2.24) is 0 Å². The molecule has 0 saturated heterocycles. The van der Waals surface area contributed by atoms with Gasteiger partial charge in [-0.2, -0.15) is 0 Å². The van der Waals surface area contributed by atoms with E-state index in [4.69, 9.17) is 8.83 Å². The fraction of sp³-hybridized carbons (Fsp3) is 0. The summed E-state index contributed by atoms with van der Waals surface area (Å²) in [5.74, 6) is 0. The van der Waals surface area contributed by atoms with Gasteiger partial charge in [0.25, 0.3) is 0 Å². The van der Waals surface area contributed by atoms with Gasteiger partial charge >= 0.3 is 0 Å². The lowest BCUT2D eigenvalue weighted by Crippen LogP contribution is -2.07. The Morgan fingerprint density at radius 2 is 0.833 bits per heavy atom. The minimum atomic E-state index is -0.242. The van der Waals surface area contributed by atoms with Crippen molar-refractivity contribution in [1.29, 1.82) is 0 Å². The zero-order chi connectivity index (χ0) is 35.9. The van der Waals surface area contributed by atoms with E-state index in [9.17, 15) is 9.59 Å². The summed E-state index contributed by atoms with van der Waals surface area (Å²) in [5, 5.41) is 8.23. The highest BCUT2D eigenvalue weighted by Gasteiger charge is 2.20. The van der Waals surface area contributed by atoms with Crippen molar-refractivity contribution in [3.63, 3.8) is 0 Å². The van der Waals surface area contributed by atoms with Crippen molar-refractivity contribution < 1.29 is 8.83 Å². The summed E-state index contributed by atoms with van der Waals surface area (Å²) < 4.78 is 13.0. The summed E-state index contributed by atoms with van der Waals surface area (Å²) in [6.45, 7) is 0. The quantitative estimate of drug-likeness (QED) is 0.137. The van der Waals surface area contributed by atoms with Gasteiger partial charge in [-0.25, -0.2) is 0 Å². The first-order valence-electron chi connectivity index (χ1n) is 18.0. The molecular weight excluding hydrogens is 665 g/mol. The average molecular weight is 693 g/mol. The van der Waals surface area contributed by atoms with Crippen LogP contribution in [0, 0.1) is 0 Å². The van der Waals surface area contributed by atoms with Crippen LogP contribution in [0.25, 0.3) is 110 Å². The topological polar surface area (TPSA) is 60.4 Å². The fourth-order valence-electron chi connectivity index (χ4n) is 8.31. The zero-order valence-corrected chi connectivity index (χ0v) is 28.8. The van der Waals surface area contributed by atoms with E-state index in [2.05, 4.69) is 103 Å². The maximum absolute atomic E-state index is 14.3. The Bertz CT molecular complexity index is 3430. The highest BCUT2D eigenvalue weighted by Crippen LogP contribution is 2.44. The third-order valence-electron chi connectivity index (χ3n) is 10.8. The molecule has 0 atom stereocenters. The van der Waals surface area contributed by atoms with E-state index in [1.807, 2.05) is 48.5 Å². The van der Waals surface area contributed by atoms with Gasteiger partial charge in [-0.3, -0.25) is 9.59 Å². The summed E-state index contributed by atoms with van der Waals surface area (Å²) in [5.41, 5.74) is 7.30. The molecule has 9 aromatic carbocycles. The molecule has 0 amide bonds. The van der Waals surface area contributed by atoms with E-state index in [1.165, 1.54) is 5.56 Å². The van der Waals surface area contributed by atoms with Crippen molar-refractivity contribution in [2.24, 2.45) is 0 Å². The summed E-state index contributed by atoms with van der Waals surface area (Å²) >= 11 is 0. The van der Waals surface area contributed by atoms with E-state index in [0.29, 0.717) is 32.9 Å². The van der Waals surface area contributed by atoms with Crippen LogP contribution in [0.1, 0.15) is 0 Å². The lowest BCUT2D eigenvalue weighted by atomic mass is 9.86. The third kappa shape index (κ3) is 4.50. The molecular formula is C50H28O4. The van der Waals surface area contributed by atoms with Gasteiger partial charge in [0.2, 0.25) is 10.9 Å². The second-order valence-corrected chi connectivity index (χ2v) is 13.9. The van der Waals surface area contributed by atoms with Crippen LogP contribution < -0.4 is 10.9 Å². The van der Waals surface area contributed by atoms with E-state index >= 15 is 0 Å². The number of benzene rings is 9. The first-order valence-corrected chi connectivity index (χ1v) is 18.0. The Morgan fingerprint density at radius 3 is 1.56 bits per heavy atom. The van der Waals surface area contributed by atoms with Crippen LogP contribution in [0.3, 0.4) is 0 Å². The van der Waals surface area contributed by atoms with Crippen LogP contribution in [0.5, 0.6) is 0 Å². The fourth-order valence-corrected chi connectivity index (χ4v) is 8.31. The monoisotopic (exact) mass is 692 g/mol. The van der Waals surface area contributed by atoms with Crippen molar-refractivity contribution in [2.75, 3.05) is 0 Å². The molecule has 252 valence electrons. The van der Waals surface area contributed by atoms with Gasteiger partial charge in [0, 0.05) is 0 Å². The molecule has 0 aliphatic carbocycles. The van der Waals surface area contributed by atoms with Gasteiger partial charge in [0.05, 0.1) is 16.2 Å². The van der Waals surface area contributed by atoms with E-state index < -0.39 is 0 Å². The molecule has 11 rings (SSSR count). The highest BCUT2D eigenvalue weighted by atomic mass is 16.3. The molecule has 54 heavy (non-hydrogen) atoms. The molecule has 0 aliphatic heterocycles. The minimum Gasteiger partial charge on any atom is -0.456 e. The van der Waals surface area contributed by atoms with Gasteiger partial charge in [0.15, 0.2) is 5.58 Å². The van der Waals surface area contributed by atoms with Crippen LogP contribution in [0.4, 0.5) is 0 Å². The van der Waals surface area contributed by atoms with Crippen LogP contribution in [0.15, 0.2) is 188 Å². The van der Waals surface area contributed by atoms with E-state index in [1.54, 1.807) is 18.2 Å². The van der Waals surface area contributed by atoms with E-state index in [-0.39, 0.29) is 21.8 Å². The maximum Gasteiger partial charge on any atom is 0.204 e. The number of hydrogen-bond acceptors (Lipinski definition) is 4. The van der Waals surface area contributed by atoms with Gasteiger partial charge < -0.3 is 8.83 Å². The largest absolute Gasteiger partial charge is 0.456 e. The minimum absolute atomic E-state index is 0.194. The molecule has 0 radical (unpaired) electrons. The predicted molar refractivity (Wildman–Crippen MR) is 222 cm³/mol. The van der Waals surface area contributed by atoms with E-state index in [0.717, 1.165) is 60.1 Å². The average Bonchev–Trinajstić information content (AvgIpc) is 3.22. The SMILES string of the molecule is O=c1c2ccc(-c3c4ccccc4c(-c4ccccc4)c4ccccc34)cc2oc2c1ccc1oc3cc(-c4ccc5ccccc5c4)ccc3c(=O)c12. The molecule has 2 aromatic heterocycles. The summed E-state index contributed by atoms with van der Waals surface area (Å²) in [6.07, 6.45) is 0. The van der Waals surface area contributed by atoms with Crippen molar-refractivity contribution in [3.8, 4) is 33.4 Å². The molecule has 4 nitrogen and oxygen atoms in total. The Labute approximate surface area is 307 Å². The second kappa shape index (κ2) is 11.6. The summed E-state index contributed by atoms with van der Waals surface area (Å²) in [6, 6.07) is 56.7. The molecule has 4 heteroatoms. The van der Waals surface area contributed by atoms with Crippen LogP contribution >= 0.6 is 0 Å². The highest BCUT2D eigenvalue weighted by molar-refractivity contribution is 6.21. The van der Waals surface area contributed by atoms with Gasteiger partial charge in [-0.05, 0) is 108 Å². The molecule has 11 aromatic rings. The first kappa shape index (κ1) is 30.3. The predicted octanol–water partition coefficient (Wildman–Crippen LogP) is 12.7. The Hall–Kier alpha value is -7.30. The molecule has 0 unspecified atom stereocenters. The number of hydrogen-bond donors (Lipinski definition) is 0. The van der Waals surface area contributed by atoms with Crippen molar-refractivity contribution >= 4 is 76.2 Å². The lowest BCUT2D eigenvalue weighted by Gasteiger charge is -2.18. The Morgan fingerprint density at radius 1 is 0.315 bits per heavy atom. The zero-order valence-electron chi connectivity index (χ0n) is 28.8. The van der Waals surface area contributed by atoms with Crippen molar-refractivity contribution in [3.05, 3.63) is 190 Å². The summed E-state index contributed by atoms with van der Waals surface area (Å²) in [7, 11) is 0. The molecule has 0 bridgehead atoms. The smallest absolute Gasteiger partial charge is 0.204 e. The number of rotatable bonds is 3. The Balaban J connectivity index is 1.13. The maximum atomic E-state index is 14.3. The van der Waals surface area contributed by atoms with Crippen LogP contribution in [-0.2, 0) is 0 Å². The molecule has 2 heterocycles. The molecule has 0 N–H and O–H groups in total. The lowest BCUT2D eigenvalue weighted by molar-refractivity contribution is 0.649.